The van der Waals surface area contributed by atoms with Gasteiger partial charge in [0.1, 0.15) is 23.2 Å². The number of alkyl halides is 3. The van der Waals surface area contributed by atoms with Crippen LogP contribution in [0.1, 0.15) is 5.82 Å². The summed E-state index contributed by atoms with van der Waals surface area (Å²) in [6.45, 7) is 2.01. The van der Waals surface area contributed by atoms with Gasteiger partial charge in [-0.2, -0.15) is 0 Å². The van der Waals surface area contributed by atoms with Gasteiger partial charge in [-0.15, -0.1) is 13.2 Å². The van der Waals surface area contributed by atoms with Crippen molar-refractivity contribution in [1.82, 2.24) is 19.3 Å². The summed E-state index contributed by atoms with van der Waals surface area (Å²) in [6.07, 6.45) is -1.17. The van der Waals surface area contributed by atoms with Crippen molar-refractivity contribution in [1.29, 1.82) is 0 Å². The fraction of sp³-hybridized carbons (Fsp3) is 0.222. The highest BCUT2D eigenvalue weighted by Crippen LogP contribution is 2.23. The first-order chi connectivity index (χ1) is 14.1. The second-order valence-electron chi connectivity index (χ2n) is 6.09. The highest BCUT2D eigenvalue weighted by atomic mass is 32.2. The van der Waals surface area contributed by atoms with E-state index in [1.54, 1.807) is 13.0 Å². The molecule has 1 aromatic carbocycles. The van der Waals surface area contributed by atoms with Crippen LogP contribution in [0.3, 0.4) is 0 Å². The molecule has 0 saturated carbocycles. The number of anilines is 1. The largest absolute Gasteiger partial charge is 0.573 e. The maximum atomic E-state index is 12.3. The first-order valence-corrected chi connectivity index (χ1v) is 10.2. The van der Waals surface area contributed by atoms with Gasteiger partial charge in [0.05, 0.1) is 4.90 Å². The molecule has 12 heteroatoms. The Morgan fingerprint density at radius 2 is 1.73 bits per heavy atom. The molecule has 30 heavy (non-hydrogen) atoms. The topological polar surface area (TPSA) is 98.1 Å². The van der Waals surface area contributed by atoms with Gasteiger partial charge in [0, 0.05) is 31.5 Å². The fourth-order valence-corrected chi connectivity index (χ4v) is 3.57. The molecule has 0 atom stereocenters. The average Bonchev–Trinajstić information content (AvgIpc) is 3.19. The lowest BCUT2D eigenvalue weighted by atomic mass is 10.3. The van der Waals surface area contributed by atoms with Crippen molar-refractivity contribution in [3.05, 3.63) is 60.7 Å². The zero-order chi connectivity index (χ0) is 21.8. The number of nitrogens with one attached hydrogen (secondary N) is 2. The molecule has 0 aliphatic heterocycles. The smallest absolute Gasteiger partial charge is 0.406 e. The van der Waals surface area contributed by atoms with Crippen molar-refractivity contribution in [2.45, 2.75) is 18.2 Å². The maximum absolute atomic E-state index is 12.3. The summed E-state index contributed by atoms with van der Waals surface area (Å²) in [7, 11) is -3.89. The maximum Gasteiger partial charge on any atom is 0.573 e. The molecule has 2 heterocycles. The van der Waals surface area contributed by atoms with E-state index in [9.17, 15) is 21.6 Å². The highest BCUT2D eigenvalue weighted by molar-refractivity contribution is 7.89. The van der Waals surface area contributed by atoms with Gasteiger partial charge in [-0.1, -0.05) is 0 Å². The molecule has 2 aromatic heterocycles. The van der Waals surface area contributed by atoms with Crippen molar-refractivity contribution in [3.63, 3.8) is 0 Å². The number of sulfonamides is 1. The molecule has 0 saturated heterocycles. The summed E-state index contributed by atoms with van der Waals surface area (Å²) >= 11 is 0. The predicted molar refractivity (Wildman–Crippen MR) is 103 cm³/mol. The molecule has 0 bridgehead atoms. The standard InChI is InChI=1S/C18H18F3N5O3S/c1-13-24-16(12-17(25-13)26-10-2-3-11-26)22-8-9-23-30(27,28)15-6-4-14(5-7-15)29-18(19,20)21/h2-7,10-12,23H,8-9H2,1H3,(H,22,24,25). The molecule has 0 unspecified atom stereocenters. The van der Waals surface area contributed by atoms with Gasteiger partial charge < -0.3 is 14.6 Å². The first kappa shape index (κ1) is 21.6. The lowest BCUT2D eigenvalue weighted by molar-refractivity contribution is -0.274. The third-order valence-corrected chi connectivity index (χ3v) is 5.26. The summed E-state index contributed by atoms with van der Waals surface area (Å²) in [4.78, 5) is 8.41. The number of ether oxygens (including phenoxy) is 1. The molecule has 0 fully saturated rings. The number of rotatable bonds is 8. The molecule has 0 aliphatic rings. The number of nitrogens with zero attached hydrogens (tertiary/aromatic N) is 3. The van der Waals surface area contributed by atoms with Crippen molar-refractivity contribution >= 4 is 15.8 Å². The number of benzene rings is 1. The van der Waals surface area contributed by atoms with Gasteiger partial charge in [-0.25, -0.2) is 23.1 Å². The van der Waals surface area contributed by atoms with E-state index in [2.05, 4.69) is 24.7 Å². The van der Waals surface area contributed by atoms with Crippen LogP contribution in [0.25, 0.3) is 5.82 Å². The molecule has 0 aliphatic carbocycles. The SMILES string of the molecule is Cc1nc(NCCNS(=O)(=O)c2ccc(OC(F)(F)F)cc2)cc(-n2cccc2)n1. The van der Waals surface area contributed by atoms with E-state index in [0.29, 0.717) is 17.5 Å². The molecule has 0 radical (unpaired) electrons. The number of hydrogen-bond acceptors (Lipinski definition) is 6. The Bertz CT molecular complexity index is 1090. The van der Waals surface area contributed by atoms with Crippen LogP contribution in [0.2, 0.25) is 0 Å². The number of aromatic nitrogens is 3. The third kappa shape index (κ3) is 5.94. The van der Waals surface area contributed by atoms with Crippen LogP contribution < -0.4 is 14.8 Å². The van der Waals surface area contributed by atoms with Crippen LogP contribution in [0, 0.1) is 6.92 Å². The second-order valence-corrected chi connectivity index (χ2v) is 7.86. The van der Waals surface area contributed by atoms with Crippen molar-refractivity contribution in [2.24, 2.45) is 0 Å². The van der Waals surface area contributed by atoms with Crippen molar-refractivity contribution in [2.75, 3.05) is 18.4 Å². The van der Waals surface area contributed by atoms with Crippen molar-refractivity contribution < 1.29 is 26.3 Å². The lowest BCUT2D eigenvalue weighted by Gasteiger charge is -2.11. The van der Waals surface area contributed by atoms with Crippen LogP contribution in [0.15, 0.2) is 59.8 Å². The average molecular weight is 441 g/mol. The monoisotopic (exact) mass is 441 g/mol. The second kappa shape index (κ2) is 8.71. The van der Waals surface area contributed by atoms with Gasteiger partial charge in [-0.3, -0.25) is 0 Å². The zero-order valence-electron chi connectivity index (χ0n) is 15.7. The van der Waals surface area contributed by atoms with Gasteiger partial charge in [0.15, 0.2) is 0 Å². The van der Waals surface area contributed by atoms with Crippen LogP contribution >= 0.6 is 0 Å². The minimum Gasteiger partial charge on any atom is -0.406 e. The lowest BCUT2D eigenvalue weighted by Crippen LogP contribution is -2.29. The predicted octanol–water partition coefficient (Wildman–Crippen LogP) is 2.86. The minimum absolute atomic E-state index is 0.0328. The Hall–Kier alpha value is -3.12. The van der Waals surface area contributed by atoms with E-state index < -0.39 is 22.1 Å². The zero-order valence-corrected chi connectivity index (χ0v) is 16.5. The summed E-state index contributed by atoms with van der Waals surface area (Å²) in [5, 5.41) is 3.01. The molecule has 2 N–H and O–H groups in total. The molecule has 0 spiro atoms. The van der Waals surface area contributed by atoms with Crippen LogP contribution in [0.4, 0.5) is 19.0 Å². The Morgan fingerprint density at radius 1 is 1.07 bits per heavy atom. The van der Waals surface area contributed by atoms with E-state index in [-0.39, 0.29) is 18.0 Å². The molecular formula is C18H18F3N5O3S. The molecule has 160 valence electrons. The molecular weight excluding hydrogens is 423 g/mol. The van der Waals surface area contributed by atoms with E-state index in [0.717, 1.165) is 24.3 Å². The third-order valence-electron chi connectivity index (χ3n) is 3.78. The minimum atomic E-state index is -4.84. The molecule has 8 nitrogen and oxygen atoms in total. The summed E-state index contributed by atoms with van der Waals surface area (Å²) in [5.41, 5.74) is 0. The Kier molecular flexibility index (Phi) is 6.27. The molecule has 3 aromatic rings. The van der Waals surface area contributed by atoms with Gasteiger partial charge >= 0.3 is 6.36 Å². The van der Waals surface area contributed by atoms with Gasteiger partial charge in [0.2, 0.25) is 10.0 Å². The summed E-state index contributed by atoms with van der Waals surface area (Å²) < 4.78 is 69.0. The number of halogens is 3. The highest BCUT2D eigenvalue weighted by Gasteiger charge is 2.31. The van der Waals surface area contributed by atoms with Crippen LogP contribution in [-0.4, -0.2) is 42.4 Å². The quantitative estimate of drug-likeness (QED) is 0.522. The van der Waals surface area contributed by atoms with E-state index in [1.165, 1.54) is 0 Å². The normalized spacial score (nSPS) is 12.0. The number of aryl methyl sites for hydroxylation is 1. The Balaban J connectivity index is 1.56. The van der Waals surface area contributed by atoms with E-state index in [4.69, 9.17) is 0 Å². The van der Waals surface area contributed by atoms with E-state index in [1.807, 2.05) is 29.1 Å². The van der Waals surface area contributed by atoms with Crippen LogP contribution in [-0.2, 0) is 10.0 Å². The summed E-state index contributed by atoms with van der Waals surface area (Å²) in [5.74, 6) is 1.24. The molecule has 3 rings (SSSR count). The Labute approximate surface area is 170 Å². The van der Waals surface area contributed by atoms with Crippen molar-refractivity contribution in [3.8, 4) is 11.6 Å². The fourth-order valence-electron chi connectivity index (χ4n) is 2.54. The molecule has 0 amide bonds. The van der Waals surface area contributed by atoms with Gasteiger partial charge in [0.25, 0.3) is 0 Å². The van der Waals surface area contributed by atoms with E-state index >= 15 is 0 Å². The van der Waals surface area contributed by atoms with Crippen LogP contribution in [0.5, 0.6) is 5.75 Å². The van der Waals surface area contributed by atoms with Gasteiger partial charge in [-0.05, 0) is 43.3 Å². The Morgan fingerprint density at radius 3 is 2.37 bits per heavy atom. The summed E-state index contributed by atoms with van der Waals surface area (Å²) in [6, 6.07) is 9.39. The first-order valence-electron chi connectivity index (χ1n) is 8.71. The number of hydrogen-bond donors (Lipinski definition) is 2.